The van der Waals surface area contributed by atoms with Crippen LogP contribution in [0.15, 0.2) is 53.3 Å². The number of alkyl halides is 3. The van der Waals surface area contributed by atoms with E-state index in [-0.39, 0.29) is 71.6 Å². The van der Waals surface area contributed by atoms with Crippen molar-refractivity contribution >= 4 is 28.6 Å². The number of nitrogens with one attached hydrogen (secondary N) is 2. The van der Waals surface area contributed by atoms with Crippen LogP contribution in [-0.4, -0.2) is 35.5 Å². The molecule has 2 aromatic carbocycles. The van der Waals surface area contributed by atoms with Crippen molar-refractivity contribution in [1.82, 2.24) is 10.3 Å². The SMILES string of the molecule is O=C([O-])CCC(=O)OCC1C[C@H](c2ccc3cc(-c4ccccc4C(F)(F)F)[nH]c(=O)c3c2)C(=O)N1.[Na+]. The van der Waals surface area contributed by atoms with Gasteiger partial charge in [-0.2, -0.15) is 13.2 Å². The Hall–Kier alpha value is -3.15. The van der Waals surface area contributed by atoms with Gasteiger partial charge >= 0.3 is 41.7 Å². The van der Waals surface area contributed by atoms with Gasteiger partial charge in [0.05, 0.1) is 23.9 Å². The number of pyridine rings is 1. The van der Waals surface area contributed by atoms with Crippen LogP contribution in [0.3, 0.4) is 0 Å². The van der Waals surface area contributed by atoms with Crippen molar-refractivity contribution in [3.05, 3.63) is 70.0 Å². The van der Waals surface area contributed by atoms with Crippen molar-refractivity contribution in [3.8, 4) is 11.3 Å². The van der Waals surface area contributed by atoms with E-state index in [9.17, 15) is 37.5 Å². The number of carbonyl (C=O) groups excluding carboxylic acids is 3. The molecule has 2 atom stereocenters. The van der Waals surface area contributed by atoms with Crippen molar-refractivity contribution in [1.29, 1.82) is 0 Å². The predicted molar refractivity (Wildman–Crippen MR) is 119 cm³/mol. The van der Waals surface area contributed by atoms with Crippen molar-refractivity contribution in [2.75, 3.05) is 6.61 Å². The fourth-order valence-electron chi connectivity index (χ4n) is 4.22. The maximum absolute atomic E-state index is 13.4. The molecule has 1 saturated heterocycles. The summed E-state index contributed by atoms with van der Waals surface area (Å²) in [4.78, 5) is 49.8. The summed E-state index contributed by atoms with van der Waals surface area (Å²) < 4.78 is 45.3. The average Bonchev–Trinajstić information content (AvgIpc) is 3.21. The van der Waals surface area contributed by atoms with Crippen molar-refractivity contribution in [2.24, 2.45) is 0 Å². The number of carboxylic acid groups (broad SMARTS) is 1. The smallest absolute Gasteiger partial charge is 0.550 e. The third-order valence-electron chi connectivity index (χ3n) is 5.96. The second-order valence-corrected chi connectivity index (χ2v) is 8.45. The van der Waals surface area contributed by atoms with Gasteiger partial charge in [0.15, 0.2) is 0 Å². The average molecular weight is 524 g/mol. The first kappa shape index (κ1) is 28.4. The van der Waals surface area contributed by atoms with Gasteiger partial charge in [-0.25, -0.2) is 0 Å². The molecule has 4 rings (SSSR count). The second kappa shape index (κ2) is 11.5. The Kier molecular flexibility index (Phi) is 8.83. The molecule has 1 aromatic heterocycles. The summed E-state index contributed by atoms with van der Waals surface area (Å²) in [6.07, 6.45) is -5.13. The first-order valence-electron chi connectivity index (χ1n) is 11.0. The number of carboxylic acids is 1. The van der Waals surface area contributed by atoms with Crippen LogP contribution in [0.25, 0.3) is 22.0 Å². The summed E-state index contributed by atoms with van der Waals surface area (Å²) >= 11 is 0. The first-order chi connectivity index (χ1) is 17.0. The van der Waals surface area contributed by atoms with Gasteiger partial charge in [0.2, 0.25) is 5.91 Å². The first-order valence-corrected chi connectivity index (χ1v) is 11.0. The molecule has 0 radical (unpaired) electrons. The number of halogens is 3. The van der Waals surface area contributed by atoms with E-state index in [0.717, 1.165) is 6.07 Å². The number of H-pyrrole nitrogens is 1. The molecule has 1 aliphatic heterocycles. The van der Waals surface area contributed by atoms with Crippen molar-refractivity contribution in [3.63, 3.8) is 0 Å². The van der Waals surface area contributed by atoms with Crippen LogP contribution in [0.4, 0.5) is 13.2 Å². The number of hydrogen-bond donors (Lipinski definition) is 2. The monoisotopic (exact) mass is 524 g/mol. The number of aliphatic carboxylic acids is 1. The topological polar surface area (TPSA) is 128 Å². The molecule has 8 nitrogen and oxygen atoms in total. The Bertz CT molecular complexity index is 1410. The van der Waals surface area contributed by atoms with Crippen LogP contribution in [0, 0.1) is 0 Å². The van der Waals surface area contributed by atoms with Gasteiger partial charge in [-0.3, -0.25) is 14.4 Å². The Labute approximate surface area is 230 Å². The Balaban J connectivity index is 0.00000380. The van der Waals surface area contributed by atoms with Crippen LogP contribution >= 0.6 is 0 Å². The van der Waals surface area contributed by atoms with E-state index in [4.69, 9.17) is 4.74 Å². The second-order valence-electron chi connectivity index (χ2n) is 8.45. The molecule has 1 unspecified atom stereocenters. The van der Waals surface area contributed by atoms with E-state index < -0.39 is 47.6 Å². The largest absolute Gasteiger partial charge is 1.00 e. The quantitative estimate of drug-likeness (QED) is 0.310. The number of aromatic nitrogens is 1. The molecule has 3 aromatic rings. The number of carbonyl (C=O) groups is 3. The fourth-order valence-corrected chi connectivity index (χ4v) is 4.22. The number of fused-ring (bicyclic) bond motifs is 1. The molecule has 0 spiro atoms. The predicted octanol–water partition coefficient (Wildman–Crippen LogP) is -0.737. The molecule has 1 aliphatic rings. The molecule has 1 amide bonds. The van der Waals surface area contributed by atoms with Crippen molar-refractivity contribution in [2.45, 2.75) is 37.4 Å². The number of rotatable bonds is 7. The molecule has 0 bridgehead atoms. The number of esters is 1. The minimum Gasteiger partial charge on any atom is -0.550 e. The van der Waals surface area contributed by atoms with E-state index in [2.05, 4.69) is 10.3 Å². The normalized spacial score (nSPS) is 17.2. The van der Waals surface area contributed by atoms with Crippen LogP contribution in [0.2, 0.25) is 0 Å². The summed E-state index contributed by atoms with van der Waals surface area (Å²) in [5, 5.41) is 13.7. The van der Waals surface area contributed by atoms with Gasteiger partial charge < -0.3 is 24.9 Å². The number of hydrogen-bond acceptors (Lipinski definition) is 6. The van der Waals surface area contributed by atoms with Crippen molar-refractivity contribution < 1.29 is 67.0 Å². The van der Waals surface area contributed by atoms with Gasteiger partial charge in [-0.05, 0) is 42.0 Å². The summed E-state index contributed by atoms with van der Waals surface area (Å²) in [7, 11) is 0. The molecule has 0 saturated carbocycles. The molecule has 2 heterocycles. The Morgan fingerprint density at radius 3 is 2.49 bits per heavy atom. The summed E-state index contributed by atoms with van der Waals surface area (Å²) in [5.41, 5.74) is -1.07. The molecule has 2 N–H and O–H groups in total. The minimum atomic E-state index is -4.60. The van der Waals surface area contributed by atoms with E-state index >= 15 is 0 Å². The summed E-state index contributed by atoms with van der Waals surface area (Å²) in [5.74, 6) is -3.06. The molecule has 188 valence electrons. The molecule has 0 aliphatic carbocycles. The minimum absolute atomic E-state index is 0. The Morgan fingerprint density at radius 2 is 1.78 bits per heavy atom. The van der Waals surface area contributed by atoms with Crippen LogP contribution in [-0.2, 0) is 25.3 Å². The number of benzene rings is 2. The molecular weight excluding hydrogens is 504 g/mol. The molecular formula is C25H20F3N2NaO6. The summed E-state index contributed by atoms with van der Waals surface area (Å²) in [6.45, 7) is -0.135. The van der Waals surface area contributed by atoms with E-state index in [0.29, 0.717) is 10.9 Å². The number of ether oxygens (including phenoxy) is 1. The van der Waals surface area contributed by atoms with E-state index in [1.54, 1.807) is 12.1 Å². The maximum atomic E-state index is 13.4. The summed E-state index contributed by atoms with van der Waals surface area (Å²) in [6, 6.07) is 10.6. The molecule has 37 heavy (non-hydrogen) atoms. The zero-order chi connectivity index (χ0) is 26.0. The maximum Gasteiger partial charge on any atom is 1.00 e. The van der Waals surface area contributed by atoms with E-state index in [1.165, 1.54) is 30.3 Å². The van der Waals surface area contributed by atoms with Gasteiger partial charge in [-0.1, -0.05) is 30.3 Å². The van der Waals surface area contributed by atoms with Crippen LogP contribution in [0.5, 0.6) is 0 Å². The Morgan fingerprint density at radius 1 is 1.05 bits per heavy atom. The third-order valence-corrected chi connectivity index (χ3v) is 5.96. The zero-order valence-corrected chi connectivity index (χ0v) is 21.7. The fraction of sp³-hybridized carbons (Fsp3) is 0.280. The van der Waals surface area contributed by atoms with Gasteiger partial charge in [0.25, 0.3) is 5.56 Å². The van der Waals surface area contributed by atoms with Gasteiger partial charge in [0, 0.05) is 22.6 Å². The van der Waals surface area contributed by atoms with Crippen LogP contribution in [0.1, 0.15) is 36.3 Å². The van der Waals surface area contributed by atoms with Crippen LogP contribution < -0.4 is 45.5 Å². The third kappa shape index (κ3) is 6.60. The van der Waals surface area contributed by atoms with E-state index in [1.807, 2.05) is 0 Å². The molecule has 12 heteroatoms. The molecule has 1 fully saturated rings. The van der Waals surface area contributed by atoms with Gasteiger partial charge in [-0.15, -0.1) is 0 Å². The standard InChI is InChI=1S/C25H21F3N2O6.Na/c26-25(27,28)19-4-2-1-3-16(19)20-10-14-6-5-13(9-17(14)24(35)30-20)18-11-15(29-23(18)34)12-36-22(33)8-7-21(31)32;/h1-6,9-10,15,18H,7-8,11-12H2,(H,29,34)(H,30,35)(H,31,32);/q;+1/p-1/t15?,18-;/m1./s1. The zero-order valence-electron chi connectivity index (χ0n) is 19.7. The van der Waals surface area contributed by atoms with Gasteiger partial charge in [0.1, 0.15) is 6.61 Å². The number of amides is 1. The number of aromatic amines is 1.